The molecule has 0 unspecified atom stereocenters. The summed E-state index contributed by atoms with van der Waals surface area (Å²) >= 11 is 0. The van der Waals surface area contributed by atoms with Crippen LogP contribution >= 0.6 is 0 Å². The van der Waals surface area contributed by atoms with Crippen molar-refractivity contribution >= 4 is 23.3 Å². The molecule has 2 rings (SSSR count). The summed E-state index contributed by atoms with van der Waals surface area (Å²) in [4.78, 5) is 34.2. The van der Waals surface area contributed by atoms with E-state index in [1.165, 1.54) is 32.4 Å². The van der Waals surface area contributed by atoms with Crippen LogP contribution in [0.5, 0.6) is 11.5 Å². The quantitative estimate of drug-likeness (QED) is 0.428. The van der Waals surface area contributed by atoms with Gasteiger partial charge in [-0.3, -0.25) is 19.7 Å². The lowest BCUT2D eigenvalue weighted by atomic mass is 10.1. The van der Waals surface area contributed by atoms with Gasteiger partial charge in [0.15, 0.2) is 6.61 Å². The predicted molar refractivity (Wildman–Crippen MR) is 95.9 cm³/mol. The molecule has 0 bridgehead atoms. The van der Waals surface area contributed by atoms with Crippen LogP contribution in [0.1, 0.15) is 5.56 Å². The molecule has 0 saturated carbocycles. The first-order valence-corrected chi connectivity index (χ1v) is 7.84. The van der Waals surface area contributed by atoms with Crippen molar-refractivity contribution in [2.24, 2.45) is 0 Å². The van der Waals surface area contributed by atoms with Gasteiger partial charge in [-0.1, -0.05) is 18.2 Å². The van der Waals surface area contributed by atoms with Crippen molar-refractivity contribution in [2.45, 2.75) is 6.42 Å². The number of carbonyl (C=O) groups excluding carboxylic acids is 2. The van der Waals surface area contributed by atoms with Crippen LogP contribution in [0, 0.1) is 10.1 Å². The van der Waals surface area contributed by atoms with Crippen LogP contribution in [0.15, 0.2) is 42.5 Å². The fourth-order valence-electron chi connectivity index (χ4n) is 2.28. The van der Waals surface area contributed by atoms with Gasteiger partial charge in [0.25, 0.3) is 11.6 Å². The molecule has 0 spiro atoms. The van der Waals surface area contributed by atoms with E-state index in [1.54, 1.807) is 24.3 Å². The predicted octanol–water partition coefficient (Wildman–Crippen LogP) is 2.34. The zero-order valence-corrected chi connectivity index (χ0v) is 14.8. The molecule has 1 amide bonds. The molecule has 0 atom stereocenters. The molecule has 0 aliphatic heterocycles. The number of carbonyl (C=O) groups is 2. The number of esters is 1. The second kappa shape index (κ2) is 9.18. The minimum absolute atomic E-state index is 0.0281. The van der Waals surface area contributed by atoms with Gasteiger partial charge in [0, 0.05) is 17.7 Å². The lowest BCUT2D eigenvalue weighted by Gasteiger charge is -2.10. The van der Waals surface area contributed by atoms with E-state index >= 15 is 0 Å². The molecule has 2 aromatic rings. The Labute approximate surface area is 155 Å². The molecule has 0 fully saturated rings. The molecule has 9 nitrogen and oxygen atoms in total. The van der Waals surface area contributed by atoms with E-state index < -0.39 is 23.4 Å². The first kappa shape index (κ1) is 19.7. The smallest absolute Gasteiger partial charge is 0.310 e. The van der Waals surface area contributed by atoms with Gasteiger partial charge in [-0.2, -0.15) is 0 Å². The van der Waals surface area contributed by atoms with Crippen LogP contribution in [-0.4, -0.2) is 37.6 Å². The average Bonchev–Trinajstić information content (AvgIpc) is 2.67. The van der Waals surface area contributed by atoms with Gasteiger partial charge in [0.1, 0.15) is 17.2 Å². The van der Waals surface area contributed by atoms with Gasteiger partial charge in [-0.25, -0.2) is 0 Å². The van der Waals surface area contributed by atoms with Crippen molar-refractivity contribution in [3.8, 4) is 11.5 Å². The number of rotatable bonds is 8. The molecule has 142 valence electrons. The Bertz CT molecular complexity index is 851. The lowest BCUT2D eigenvalue weighted by Crippen LogP contribution is -2.22. The lowest BCUT2D eigenvalue weighted by molar-refractivity contribution is -0.383. The van der Waals surface area contributed by atoms with Crippen LogP contribution in [0.2, 0.25) is 0 Å². The third-order valence-corrected chi connectivity index (χ3v) is 3.57. The summed E-state index contributed by atoms with van der Waals surface area (Å²) in [5, 5.41) is 13.3. The fourth-order valence-corrected chi connectivity index (χ4v) is 2.28. The van der Waals surface area contributed by atoms with Gasteiger partial charge in [0.05, 0.1) is 25.6 Å². The van der Waals surface area contributed by atoms with Crippen LogP contribution in [0.4, 0.5) is 11.4 Å². The summed E-state index contributed by atoms with van der Waals surface area (Å²) in [6, 6.07) is 10.6. The van der Waals surface area contributed by atoms with E-state index in [2.05, 4.69) is 5.32 Å². The van der Waals surface area contributed by atoms with Gasteiger partial charge in [-0.15, -0.1) is 0 Å². The third kappa shape index (κ3) is 5.43. The van der Waals surface area contributed by atoms with E-state index in [-0.39, 0.29) is 17.8 Å². The van der Waals surface area contributed by atoms with Gasteiger partial charge < -0.3 is 19.5 Å². The highest BCUT2D eigenvalue weighted by atomic mass is 16.6. The number of nitrogens with one attached hydrogen (secondary N) is 1. The van der Waals surface area contributed by atoms with Gasteiger partial charge in [0.2, 0.25) is 0 Å². The maximum Gasteiger partial charge on any atom is 0.310 e. The summed E-state index contributed by atoms with van der Waals surface area (Å²) in [7, 11) is 2.97. The van der Waals surface area contributed by atoms with Crippen LogP contribution < -0.4 is 14.8 Å². The number of nitrogens with zero attached hydrogens (tertiary/aromatic N) is 1. The van der Waals surface area contributed by atoms with Crippen molar-refractivity contribution in [2.75, 3.05) is 26.1 Å². The van der Waals surface area contributed by atoms with Crippen molar-refractivity contribution in [3.63, 3.8) is 0 Å². The number of methoxy groups -OCH3 is 2. The molecular weight excluding hydrogens is 356 g/mol. The first-order valence-electron chi connectivity index (χ1n) is 7.84. The number of anilines is 1. The average molecular weight is 374 g/mol. The Balaban J connectivity index is 1.92. The highest BCUT2D eigenvalue weighted by molar-refractivity contribution is 5.94. The van der Waals surface area contributed by atoms with Crippen LogP contribution in [-0.2, 0) is 20.7 Å². The van der Waals surface area contributed by atoms with E-state index in [4.69, 9.17) is 14.2 Å². The molecule has 0 aromatic heterocycles. The summed E-state index contributed by atoms with van der Waals surface area (Å²) in [6.07, 6.45) is -0.105. The zero-order valence-electron chi connectivity index (χ0n) is 14.8. The van der Waals surface area contributed by atoms with Crippen molar-refractivity contribution < 1.29 is 28.7 Å². The number of amides is 1. The minimum Gasteiger partial charge on any atom is -0.497 e. The summed E-state index contributed by atoms with van der Waals surface area (Å²) < 4.78 is 15.2. The number of nitro groups is 1. The number of nitro benzene ring substituents is 1. The second-order valence-corrected chi connectivity index (χ2v) is 5.34. The normalized spacial score (nSPS) is 10.0. The molecule has 1 N–H and O–H groups in total. The van der Waals surface area contributed by atoms with Gasteiger partial charge >= 0.3 is 5.97 Å². The standard InChI is InChI=1S/C18H18N2O7/c1-25-13-8-7-12(16(10-13)26-2)9-18(22)27-11-17(21)19-14-5-3-4-6-15(14)20(23)24/h3-8,10H,9,11H2,1-2H3,(H,19,21). The number of ether oxygens (including phenoxy) is 3. The number of hydrogen-bond donors (Lipinski definition) is 1. The third-order valence-electron chi connectivity index (χ3n) is 3.57. The van der Waals surface area contributed by atoms with E-state index in [1.807, 2.05) is 0 Å². The highest BCUT2D eigenvalue weighted by Crippen LogP contribution is 2.25. The summed E-state index contributed by atoms with van der Waals surface area (Å²) in [6.45, 7) is -0.566. The monoisotopic (exact) mass is 374 g/mol. The molecule has 0 aliphatic rings. The molecule has 9 heteroatoms. The van der Waals surface area contributed by atoms with Crippen molar-refractivity contribution in [3.05, 3.63) is 58.1 Å². The molecule has 0 aliphatic carbocycles. The Morgan fingerprint density at radius 2 is 1.85 bits per heavy atom. The topological polar surface area (TPSA) is 117 Å². The molecule has 0 saturated heterocycles. The van der Waals surface area contributed by atoms with Crippen molar-refractivity contribution in [1.82, 2.24) is 0 Å². The molecular formula is C18H18N2O7. The van der Waals surface area contributed by atoms with Gasteiger partial charge in [-0.05, 0) is 12.1 Å². The van der Waals surface area contributed by atoms with Crippen LogP contribution in [0.3, 0.4) is 0 Å². The summed E-state index contributed by atoms with van der Waals surface area (Å²) in [5.74, 6) is -0.293. The second-order valence-electron chi connectivity index (χ2n) is 5.34. The molecule has 0 heterocycles. The molecule has 0 radical (unpaired) electrons. The maximum absolute atomic E-state index is 12.0. The number of hydrogen-bond acceptors (Lipinski definition) is 7. The van der Waals surface area contributed by atoms with E-state index in [0.717, 1.165) is 0 Å². The minimum atomic E-state index is -0.681. The first-order chi connectivity index (χ1) is 12.9. The van der Waals surface area contributed by atoms with Crippen molar-refractivity contribution in [1.29, 1.82) is 0 Å². The molecule has 2 aromatic carbocycles. The number of benzene rings is 2. The maximum atomic E-state index is 12.0. The zero-order chi connectivity index (χ0) is 19.8. The Kier molecular flexibility index (Phi) is 6.70. The van der Waals surface area contributed by atoms with Crippen LogP contribution in [0.25, 0.3) is 0 Å². The van der Waals surface area contributed by atoms with E-state index in [0.29, 0.717) is 17.1 Å². The SMILES string of the molecule is COc1ccc(CC(=O)OCC(=O)Nc2ccccc2[N+](=O)[O-])c(OC)c1. The Morgan fingerprint density at radius 3 is 2.52 bits per heavy atom. The van der Waals surface area contributed by atoms with E-state index in [9.17, 15) is 19.7 Å². The summed E-state index contributed by atoms with van der Waals surface area (Å²) in [5.41, 5.74) is 0.350. The number of para-hydroxylation sites is 2. The largest absolute Gasteiger partial charge is 0.497 e. The Hall–Kier alpha value is -3.62. The Morgan fingerprint density at radius 1 is 1.11 bits per heavy atom. The fraction of sp³-hybridized carbons (Fsp3) is 0.222. The highest BCUT2D eigenvalue weighted by Gasteiger charge is 2.16. The molecule has 27 heavy (non-hydrogen) atoms.